The molecular formula is C23H43NO5. The molecule has 0 aromatic heterocycles. The molecule has 29 heavy (non-hydrogen) atoms. The summed E-state index contributed by atoms with van der Waals surface area (Å²) >= 11 is 0. The average Bonchev–Trinajstić information content (AvgIpc) is 2.63. The second-order valence-electron chi connectivity index (χ2n) is 8.47. The molecule has 0 fully saturated rings. The molecule has 0 radical (unpaired) electrons. The van der Waals surface area contributed by atoms with E-state index in [9.17, 15) is 14.4 Å². The molecule has 0 atom stereocenters. The summed E-state index contributed by atoms with van der Waals surface area (Å²) in [5, 5.41) is 17.3. The van der Waals surface area contributed by atoms with E-state index in [1.54, 1.807) is 0 Å². The average molecular weight is 414 g/mol. The number of hydrogen-bond acceptors (Lipinski definition) is 4. The zero-order valence-electron chi connectivity index (χ0n) is 18.7. The fraction of sp³-hybridized carbons (Fsp3) is 0.870. The molecule has 0 saturated heterocycles. The number of rotatable bonds is 21. The summed E-state index contributed by atoms with van der Waals surface area (Å²) in [5.74, 6) is -0.911. The summed E-state index contributed by atoms with van der Waals surface area (Å²) < 4.78 is 0. The van der Waals surface area contributed by atoms with Gasteiger partial charge in [-0.15, -0.1) is 0 Å². The van der Waals surface area contributed by atoms with Crippen LogP contribution < -0.4 is 0 Å². The van der Waals surface area contributed by atoms with Crippen molar-refractivity contribution in [2.24, 2.45) is 5.92 Å². The molecule has 0 saturated carbocycles. The number of carboxylic acids is 2. The first-order chi connectivity index (χ1) is 13.8. The molecule has 0 unspecified atom stereocenters. The number of carbonyl (C=O) groups excluding carboxylic acids is 1. The number of aliphatic carboxylic acids is 2. The number of carboxylic acid groups (broad SMARTS) is 2. The van der Waals surface area contributed by atoms with Gasteiger partial charge < -0.3 is 15.1 Å². The van der Waals surface area contributed by atoms with Crippen LogP contribution in [0.2, 0.25) is 0 Å². The highest BCUT2D eigenvalue weighted by atomic mass is 16.4. The molecule has 0 aliphatic carbocycles. The van der Waals surface area contributed by atoms with E-state index in [-0.39, 0.29) is 18.8 Å². The van der Waals surface area contributed by atoms with Crippen LogP contribution in [0.15, 0.2) is 0 Å². The standard InChI is InChI=1S/C23H43NO5/c1-24(2)19-13-16-21(25)20(14-9-5-3-7-11-17-22(26)27)15-10-6-4-8-12-18-23(28)29/h20H,3-19H2,1-2H3,(H,26,27)(H,28,29). The number of hydrogen-bond donors (Lipinski definition) is 2. The molecule has 0 amide bonds. The Bertz CT molecular complexity index is 423. The van der Waals surface area contributed by atoms with Crippen molar-refractivity contribution >= 4 is 17.7 Å². The van der Waals surface area contributed by atoms with Gasteiger partial charge in [0.05, 0.1) is 0 Å². The molecule has 0 spiro atoms. The van der Waals surface area contributed by atoms with Gasteiger partial charge in [0, 0.05) is 25.2 Å². The van der Waals surface area contributed by atoms with Crippen molar-refractivity contribution in [1.82, 2.24) is 4.90 Å². The SMILES string of the molecule is CN(C)CCCC(=O)C(CCCCCCCC(=O)O)CCCCCCCC(=O)O. The number of carbonyl (C=O) groups is 3. The number of unbranched alkanes of at least 4 members (excludes halogenated alkanes) is 8. The largest absolute Gasteiger partial charge is 0.481 e. The minimum Gasteiger partial charge on any atom is -0.481 e. The van der Waals surface area contributed by atoms with E-state index >= 15 is 0 Å². The van der Waals surface area contributed by atoms with E-state index in [1.165, 1.54) is 0 Å². The van der Waals surface area contributed by atoms with Gasteiger partial charge in [0.2, 0.25) is 0 Å². The lowest BCUT2D eigenvalue weighted by molar-refractivity contribution is -0.138. The summed E-state index contributed by atoms with van der Waals surface area (Å²) in [6, 6.07) is 0. The topological polar surface area (TPSA) is 94.9 Å². The smallest absolute Gasteiger partial charge is 0.303 e. The van der Waals surface area contributed by atoms with Crippen molar-refractivity contribution in [3.63, 3.8) is 0 Å². The normalized spacial score (nSPS) is 11.3. The van der Waals surface area contributed by atoms with Crippen LogP contribution in [-0.4, -0.2) is 53.5 Å². The Kier molecular flexibility index (Phi) is 17.7. The van der Waals surface area contributed by atoms with Gasteiger partial charge in [-0.25, -0.2) is 0 Å². The molecule has 6 nitrogen and oxygen atoms in total. The molecule has 2 N–H and O–H groups in total. The zero-order valence-corrected chi connectivity index (χ0v) is 18.7. The van der Waals surface area contributed by atoms with Gasteiger partial charge in [-0.2, -0.15) is 0 Å². The minimum atomic E-state index is -0.726. The molecule has 0 aromatic rings. The summed E-state index contributed by atoms with van der Waals surface area (Å²) in [6.07, 6.45) is 13.6. The van der Waals surface area contributed by atoms with E-state index in [0.717, 1.165) is 90.0 Å². The van der Waals surface area contributed by atoms with Crippen LogP contribution >= 0.6 is 0 Å². The Hall–Kier alpha value is -1.43. The Morgan fingerprint density at radius 1 is 0.621 bits per heavy atom. The Balaban J connectivity index is 4.09. The van der Waals surface area contributed by atoms with Gasteiger partial charge in [0.1, 0.15) is 5.78 Å². The van der Waals surface area contributed by atoms with E-state index in [1.807, 2.05) is 14.1 Å². The predicted molar refractivity (Wildman–Crippen MR) is 116 cm³/mol. The summed E-state index contributed by atoms with van der Waals surface area (Å²) in [7, 11) is 4.05. The first-order valence-electron chi connectivity index (χ1n) is 11.4. The third-order valence-electron chi connectivity index (χ3n) is 5.37. The van der Waals surface area contributed by atoms with Gasteiger partial charge in [0.15, 0.2) is 0 Å². The van der Waals surface area contributed by atoms with Crippen molar-refractivity contribution in [3.8, 4) is 0 Å². The van der Waals surface area contributed by atoms with E-state index in [0.29, 0.717) is 12.2 Å². The number of nitrogens with zero attached hydrogens (tertiary/aromatic N) is 1. The lowest BCUT2D eigenvalue weighted by Gasteiger charge is -2.17. The maximum Gasteiger partial charge on any atom is 0.303 e. The number of Topliss-reactive ketones (excluding diaryl/α,β-unsaturated/α-hetero) is 1. The monoisotopic (exact) mass is 413 g/mol. The highest BCUT2D eigenvalue weighted by Gasteiger charge is 2.17. The summed E-state index contributed by atoms with van der Waals surface area (Å²) in [6.45, 7) is 0.936. The lowest BCUT2D eigenvalue weighted by atomic mass is 9.88. The van der Waals surface area contributed by atoms with Crippen LogP contribution in [0, 0.1) is 5.92 Å². The van der Waals surface area contributed by atoms with Crippen molar-refractivity contribution < 1.29 is 24.6 Å². The van der Waals surface area contributed by atoms with E-state index in [2.05, 4.69) is 4.90 Å². The summed E-state index contributed by atoms with van der Waals surface area (Å²) in [5.41, 5.74) is 0. The van der Waals surface area contributed by atoms with Crippen molar-refractivity contribution in [2.45, 2.75) is 103 Å². The van der Waals surface area contributed by atoms with Crippen molar-refractivity contribution in [3.05, 3.63) is 0 Å². The van der Waals surface area contributed by atoms with E-state index < -0.39 is 11.9 Å². The third-order valence-corrected chi connectivity index (χ3v) is 5.37. The minimum absolute atomic E-state index is 0.148. The molecule has 0 aromatic carbocycles. The fourth-order valence-corrected chi connectivity index (χ4v) is 3.63. The zero-order chi connectivity index (χ0) is 21.9. The molecule has 170 valence electrons. The van der Waals surface area contributed by atoms with Gasteiger partial charge >= 0.3 is 11.9 Å². The van der Waals surface area contributed by atoms with Crippen LogP contribution in [0.4, 0.5) is 0 Å². The van der Waals surface area contributed by atoms with Crippen LogP contribution in [0.3, 0.4) is 0 Å². The first-order valence-corrected chi connectivity index (χ1v) is 11.4. The van der Waals surface area contributed by atoms with Gasteiger partial charge in [-0.3, -0.25) is 14.4 Å². The maximum atomic E-state index is 12.7. The Morgan fingerprint density at radius 3 is 1.45 bits per heavy atom. The molecule has 0 bridgehead atoms. The van der Waals surface area contributed by atoms with Crippen molar-refractivity contribution in [2.75, 3.05) is 20.6 Å². The van der Waals surface area contributed by atoms with Gasteiger partial charge in [-0.1, -0.05) is 51.4 Å². The Morgan fingerprint density at radius 2 is 1.03 bits per heavy atom. The van der Waals surface area contributed by atoms with Crippen LogP contribution in [0.25, 0.3) is 0 Å². The molecule has 0 heterocycles. The predicted octanol–water partition coefficient (Wildman–Crippen LogP) is 5.14. The highest BCUT2D eigenvalue weighted by Crippen LogP contribution is 2.22. The van der Waals surface area contributed by atoms with Crippen LogP contribution in [0.5, 0.6) is 0 Å². The summed E-state index contributed by atoms with van der Waals surface area (Å²) in [4.78, 5) is 35.8. The lowest BCUT2D eigenvalue weighted by Crippen LogP contribution is -2.18. The van der Waals surface area contributed by atoms with Crippen molar-refractivity contribution in [1.29, 1.82) is 0 Å². The third kappa shape index (κ3) is 19.7. The molecular weight excluding hydrogens is 370 g/mol. The first kappa shape index (κ1) is 27.6. The second kappa shape index (κ2) is 18.6. The highest BCUT2D eigenvalue weighted by molar-refractivity contribution is 5.80. The Labute approximate surface area is 177 Å². The quantitative estimate of drug-likeness (QED) is 0.253. The number of ketones is 1. The molecule has 0 aliphatic rings. The van der Waals surface area contributed by atoms with Crippen LogP contribution in [0.1, 0.15) is 103 Å². The van der Waals surface area contributed by atoms with E-state index in [4.69, 9.17) is 10.2 Å². The fourth-order valence-electron chi connectivity index (χ4n) is 3.63. The molecule has 0 aliphatic heterocycles. The second-order valence-corrected chi connectivity index (χ2v) is 8.47. The molecule has 6 heteroatoms. The van der Waals surface area contributed by atoms with Crippen LogP contribution in [-0.2, 0) is 14.4 Å². The maximum absolute atomic E-state index is 12.7. The molecule has 0 rings (SSSR count). The van der Waals surface area contributed by atoms with Gasteiger partial charge in [0.25, 0.3) is 0 Å². The van der Waals surface area contributed by atoms with Gasteiger partial charge in [-0.05, 0) is 52.7 Å².